The van der Waals surface area contributed by atoms with Crippen molar-refractivity contribution in [2.45, 2.75) is 26.9 Å². The number of hydrogen-bond donors (Lipinski definition) is 0. The average molecular weight is 359 g/mol. The van der Waals surface area contributed by atoms with Gasteiger partial charge in [0.25, 0.3) is 0 Å². The van der Waals surface area contributed by atoms with Crippen molar-refractivity contribution in [3.05, 3.63) is 63.7 Å². The van der Waals surface area contributed by atoms with Gasteiger partial charge in [-0.15, -0.1) is 0 Å². The highest BCUT2D eigenvalue weighted by atomic mass is 35.5. The minimum Gasteiger partial charge on any atom is -0.496 e. The Morgan fingerprint density at radius 3 is 2.08 bits per heavy atom. The van der Waals surface area contributed by atoms with Crippen LogP contribution in [0.1, 0.15) is 22.3 Å². The molecule has 25 heavy (non-hydrogen) atoms. The van der Waals surface area contributed by atoms with Crippen LogP contribution in [0.4, 0.5) is 0 Å². The van der Waals surface area contributed by atoms with E-state index in [1.54, 1.807) is 7.11 Å². The summed E-state index contributed by atoms with van der Waals surface area (Å²) in [6.07, 6.45) is 0. The molecular formula is C21H27ClN2O. The van der Waals surface area contributed by atoms with Crippen LogP contribution in [0.25, 0.3) is 0 Å². The standard InChI is InChI=1S/C21H27ClN2O/c1-16-13-21(25-3)17(2)12-19(16)15-24-10-8-23(9-11-24)14-18-6-4-5-7-20(18)22/h4-7,12-13H,8-11,14-15H2,1-3H3. The molecule has 0 atom stereocenters. The van der Waals surface area contributed by atoms with Crippen LogP contribution in [0.3, 0.4) is 0 Å². The van der Waals surface area contributed by atoms with E-state index < -0.39 is 0 Å². The van der Waals surface area contributed by atoms with Crippen molar-refractivity contribution in [1.82, 2.24) is 9.80 Å². The third-order valence-electron chi connectivity index (χ3n) is 5.06. The second-order valence-electron chi connectivity index (χ2n) is 6.89. The number of nitrogens with zero attached hydrogens (tertiary/aromatic N) is 2. The molecule has 2 aromatic carbocycles. The highest BCUT2D eigenvalue weighted by Crippen LogP contribution is 2.24. The van der Waals surface area contributed by atoms with Gasteiger partial charge in [0.2, 0.25) is 0 Å². The van der Waals surface area contributed by atoms with Crippen LogP contribution in [-0.4, -0.2) is 43.1 Å². The molecule has 0 spiro atoms. The number of rotatable bonds is 5. The summed E-state index contributed by atoms with van der Waals surface area (Å²) >= 11 is 6.29. The van der Waals surface area contributed by atoms with Gasteiger partial charge in [-0.2, -0.15) is 0 Å². The summed E-state index contributed by atoms with van der Waals surface area (Å²) in [5.74, 6) is 0.978. The van der Waals surface area contributed by atoms with E-state index in [0.717, 1.165) is 50.0 Å². The summed E-state index contributed by atoms with van der Waals surface area (Å²) in [6, 6.07) is 12.6. The van der Waals surface area contributed by atoms with Crippen molar-refractivity contribution in [3.8, 4) is 5.75 Å². The van der Waals surface area contributed by atoms with E-state index in [9.17, 15) is 0 Å². The van der Waals surface area contributed by atoms with Gasteiger partial charge in [-0.25, -0.2) is 0 Å². The second kappa shape index (κ2) is 8.22. The number of piperazine rings is 1. The molecule has 1 saturated heterocycles. The van der Waals surface area contributed by atoms with Crippen LogP contribution >= 0.6 is 11.6 Å². The van der Waals surface area contributed by atoms with Crippen molar-refractivity contribution in [3.63, 3.8) is 0 Å². The van der Waals surface area contributed by atoms with Crippen LogP contribution in [-0.2, 0) is 13.1 Å². The molecule has 2 aromatic rings. The zero-order valence-corrected chi connectivity index (χ0v) is 16.1. The lowest BCUT2D eigenvalue weighted by Crippen LogP contribution is -2.45. The lowest BCUT2D eigenvalue weighted by molar-refractivity contribution is 0.122. The number of hydrogen-bond acceptors (Lipinski definition) is 3. The molecule has 3 rings (SSSR count). The monoisotopic (exact) mass is 358 g/mol. The molecule has 1 fully saturated rings. The van der Waals surface area contributed by atoms with Crippen molar-refractivity contribution in [2.24, 2.45) is 0 Å². The Labute approximate surface area is 156 Å². The molecule has 134 valence electrons. The fourth-order valence-corrected chi connectivity index (χ4v) is 3.65. The number of aryl methyl sites for hydroxylation is 2. The molecule has 0 aliphatic carbocycles. The van der Waals surface area contributed by atoms with Gasteiger partial charge in [0, 0.05) is 44.3 Å². The van der Waals surface area contributed by atoms with Crippen LogP contribution in [0, 0.1) is 13.8 Å². The van der Waals surface area contributed by atoms with E-state index in [2.05, 4.69) is 47.9 Å². The molecule has 0 N–H and O–H groups in total. The third-order valence-corrected chi connectivity index (χ3v) is 5.43. The molecule has 3 nitrogen and oxygen atoms in total. The average Bonchev–Trinajstić information content (AvgIpc) is 2.61. The molecular weight excluding hydrogens is 332 g/mol. The van der Waals surface area contributed by atoms with E-state index in [-0.39, 0.29) is 0 Å². The first-order valence-electron chi connectivity index (χ1n) is 8.89. The van der Waals surface area contributed by atoms with Gasteiger partial charge < -0.3 is 4.74 Å². The summed E-state index contributed by atoms with van der Waals surface area (Å²) in [5.41, 5.74) is 5.14. The predicted octanol–water partition coefficient (Wildman–Crippen LogP) is 4.28. The summed E-state index contributed by atoms with van der Waals surface area (Å²) in [5, 5.41) is 0.870. The molecule has 1 aliphatic heterocycles. The SMILES string of the molecule is COc1cc(C)c(CN2CCN(Cc3ccccc3Cl)CC2)cc1C. The van der Waals surface area contributed by atoms with Gasteiger partial charge in [-0.05, 0) is 48.2 Å². The molecule has 0 saturated carbocycles. The smallest absolute Gasteiger partial charge is 0.122 e. The van der Waals surface area contributed by atoms with Crippen molar-refractivity contribution in [1.29, 1.82) is 0 Å². The van der Waals surface area contributed by atoms with E-state index in [0.29, 0.717) is 0 Å². The van der Waals surface area contributed by atoms with Gasteiger partial charge >= 0.3 is 0 Å². The first-order chi connectivity index (χ1) is 12.1. The topological polar surface area (TPSA) is 15.7 Å². The number of halogens is 1. The molecule has 0 unspecified atom stereocenters. The third kappa shape index (κ3) is 4.55. The van der Waals surface area contributed by atoms with E-state index in [1.807, 2.05) is 12.1 Å². The summed E-state index contributed by atoms with van der Waals surface area (Å²) in [7, 11) is 1.74. The van der Waals surface area contributed by atoms with Crippen molar-refractivity contribution < 1.29 is 4.74 Å². The van der Waals surface area contributed by atoms with Crippen LogP contribution in [0.15, 0.2) is 36.4 Å². The highest BCUT2D eigenvalue weighted by molar-refractivity contribution is 6.31. The first-order valence-corrected chi connectivity index (χ1v) is 9.27. The minimum absolute atomic E-state index is 0.870. The van der Waals surface area contributed by atoms with Gasteiger partial charge in [0.15, 0.2) is 0 Å². The summed E-state index contributed by atoms with van der Waals surface area (Å²) in [6.45, 7) is 10.6. The van der Waals surface area contributed by atoms with Crippen LogP contribution in [0.5, 0.6) is 5.75 Å². The molecule has 1 aliphatic rings. The predicted molar refractivity (Wildman–Crippen MR) is 104 cm³/mol. The zero-order chi connectivity index (χ0) is 17.8. The number of benzene rings is 2. The van der Waals surface area contributed by atoms with E-state index in [1.165, 1.54) is 22.3 Å². The lowest BCUT2D eigenvalue weighted by Gasteiger charge is -2.35. The summed E-state index contributed by atoms with van der Waals surface area (Å²) < 4.78 is 5.42. The molecule has 0 radical (unpaired) electrons. The molecule has 0 amide bonds. The normalized spacial score (nSPS) is 16.2. The minimum atomic E-state index is 0.870. The first kappa shape index (κ1) is 18.2. The van der Waals surface area contributed by atoms with Crippen molar-refractivity contribution >= 4 is 11.6 Å². The maximum Gasteiger partial charge on any atom is 0.122 e. The largest absolute Gasteiger partial charge is 0.496 e. The fraction of sp³-hybridized carbons (Fsp3) is 0.429. The Balaban J connectivity index is 1.56. The van der Waals surface area contributed by atoms with Gasteiger partial charge in [-0.1, -0.05) is 35.9 Å². The quantitative estimate of drug-likeness (QED) is 0.793. The van der Waals surface area contributed by atoms with Gasteiger partial charge in [0.05, 0.1) is 7.11 Å². The second-order valence-corrected chi connectivity index (χ2v) is 7.30. The number of methoxy groups -OCH3 is 1. The maximum atomic E-state index is 6.29. The Hall–Kier alpha value is -1.55. The van der Waals surface area contributed by atoms with E-state index >= 15 is 0 Å². The highest BCUT2D eigenvalue weighted by Gasteiger charge is 2.18. The molecule has 4 heteroatoms. The lowest BCUT2D eigenvalue weighted by atomic mass is 10.0. The Kier molecular flexibility index (Phi) is 6.00. The fourth-order valence-electron chi connectivity index (χ4n) is 3.45. The Morgan fingerprint density at radius 1 is 0.880 bits per heavy atom. The zero-order valence-electron chi connectivity index (χ0n) is 15.4. The Morgan fingerprint density at radius 2 is 1.48 bits per heavy atom. The van der Waals surface area contributed by atoms with Crippen LogP contribution < -0.4 is 4.74 Å². The Bertz CT molecular complexity index is 724. The van der Waals surface area contributed by atoms with Gasteiger partial charge in [-0.3, -0.25) is 9.80 Å². The maximum absolute atomic E-state index is 6.29. The molecule has 0 bridgehead atoms. The molecule has 0 aromatic heterocycles. The van der Waals surface area contributed by atoms with Crippen LogP contribution in [0.2, 0.25) is 5.02 Å². The molecule has 1 heterocycles. The van der Waals surface area contributed by atoms with Crippen molar-refractivity contribution in [2.75, 3.05) is 33.3 Å². The summed E-state index contributed by atoms with van der Waals surface area (Å²) in [4.78, 5) is 5.03. The van der Waals surface area contributed by atoms with Gasteiger partial charge in [0.1, 0.15) is 5.75 Å². The number of ether oxygens (including phenoxy) is 1. The van der Waals surface area contributed by atoms with E-state index in [4.69, 9.17) is 16.3 Å².